The predicted molar refractivity (Wildman–Crippen MR) is 85.2 cm³/mol. The Morgan fingerprint density at radius 1 is 1.16 bits per heavy atom. The maximum Gasteiger partial charge on any atom is 0.0648 e. The molecule has 1 aromatic heterocycles. The van der Waals surface area contributed by atoms with Crippen molar-refractivity contribution in [2.24, 2.45) is 5.73 Å². The van der Waals surface area contributed by atoms with E-state index in [1.165, 1.54) is 9.75 Å². The summed E-state index contributed by atoms with van der Waals surface area (Å²) in [5.74, 6) is 0. The van der Waals surface area contributed by atoms with Gasteiger partial charge in [0, 0.05) is 14.8 Å². The summed E-state index contributed by atoms with van der Waals surface area (Å²) < 4.78 is 0. The SMILES string of the molecule is Cc1cc(Cl)ccc1C(N)c1ccc(C(C)(C)C)s1. The summed E-state index contributed by atoms with van der Waals surface area (Å²) in [7, 11) is 0. The second-order valence-corrected chi connectivity index (χ2v) is 7.48. The molecular weight excluding hydrogens is 274 g/mol. The fourth-order valence-electron chi connectivity index (χ4n) is 2.06. The number of hydrogen-bond acceptors (Lipinski definition) is 2. The Balaban J connectivity index is 2.34. The van der Waals surface area contributed by atoms with Crippen molar-refractivity contribution in [1.82, 2.24) is 0 Å². The van der Waals surface area contributed by atoms with Crippen LogP contribution in [0.25, 0.3) is 0 Å². The van der Waals surface area contributed by atoms with Crippen LogP contribution in [0.15, 0.2) is 30.3 Å². The number of rotatable bonds is 2. The number of hydrogen-bond donors (Lipinski definition) is 1. The van der Waals surface area contributed by atoms with E-state index in [0.29, 0.717) is 0 Å². The van der Waals surface area contributed by atoms with Gasteiger partial charge in [0.2, 0.25) is 0 Å². The fraction of sp³-hybridized carbons (Fsp3) is 0.375. The zero-order chi connectivity index (χ0) is 14.2. The molecule has 0 saturated heterocycles. The minimum absolute atomic E-state index is 0.0710. The predicted octanol–water partition coefficient (Wildman–Crippen LogP) is 5.06. The van der Waals surface area contributed by atoms with Crippen LogP contribution in [-0.2, 0) is 5.41 Å². The van der Waals surface area contributed by atoms with Crippen LogP contribution < -0.4 is 5.73 Å². The number of aryl methyl sites for hydroxylation is 1. The van der Waals surface area contributed by atoms with Gasteiger partial charge >= 0.3 is 0 Å². The Morgan fingerprint density at radius 2 is 1.84 bits per heavy atom. The maximum atomic E-state index is 6.39. The molecule has 0 amide bonds. The van der Waals surface area contributed by atoms with E-state index in [4.69, 9.17) is 17.3 Å². The highest BCUT2D eigenvalue weighted by Gasteiger charge is 2.19. The second-order valence-electron chi connectivity index (χ2n) is 5.93. The van der Waals surface area contributed by atoms with E-state index in [1.54, 1.807) is 11.3 Å². The lowest BCUT2D eigenvalue weighted by Gasteiger charge is -2.16. The van der Waals surface area contributed by atoms with Crippen LogP contribution in [0.5, 0.6) is 0 Å². The lowest BCUT2D eigenvalue weighted by molar-refractivity contribution is 0.604. The number of benzene rings is 1. The van der Waals surface area contributed by atoms with E-state index < -0.39 is 0 Å². The van der Waals surface area contributed by atoms with Crippen molar-refractivity contribution < 1.29 is 0 Å². The third-order valence-electron chi connectivity index (χ3n) is 3.24. The van der Waals surface area contributed by atoms with Gasteiger partial charge < -0.3 is 5.73 Å². The summed E-state index contributed by atoms with van der Waals surface area (Å²) in [5, 5.41) is 0.759. The lowest BCUT2D eigenvalue weighted by atomic mass is 9.95. The minimum Gasteiger partial charge on any atom is -0.320 e. The van der Waals surface area contributed by atoms with Gasteiger partial charge in [0.15, 0.2) is 0 Å². The monoisotopic (exact) mass is 293 g/mol. The smallest absolute Gasteiger partial charge is 0.0648 e. The molecule has 0 bridgehead atoms. The molecule has 0 radical (unpaired) electrons. The van der Waals surface area contributed by atoms with E-state index in [1.807, 2.05) is 18.2 Å². The molecule has 1 unspecified atom stereocenters. The maximum absolute atomic E-state index is 6.39. The van der Waals surface area contributed by atoms with Crippen molar-refractivity contribution in [2.45, 2.75) is 39.2 Å². The zero-order valence-corrected chi connectivity index (χ0v) is 13.4. The summed E-state index contributed by atoms with van der Waals surface area (Å²) in [4.78, 5) is 2.57. The third-order valence-corrected chi connectivity index (χ3v) is 5.07. The summed E-state index contributed by atoms with van der Waals surface area (Å²) in [5.41, 5.74) is 8.86. The van der Waals surface area contributed by atoms with Gasteiger partial charge in [-0.05, 0) is 47.7 Å². The Morgan fingerprint density at radius 3 is 2.37 bits per heavy atom. The Kier molecular flexibility index (Phi) is 4.05. The van der Waals surface area contributed by atoms with Gasteiger partial charge in [-0.2, -0.15) is 0 Å². The van der Waals surface area contributed by atoms with E-state index in [0.717, 1.165) is 16.1 Å². The van der Waals surface area contributed by atoms with Crippen LogP contribution in [0.2, 0.25) is 5.02 Å². The fourth-order valence-corrected chi connectivity index (χ4v) is 3.38. The van der Waals surface area contributed by atoms with Gasteiger partial charge in [-0.25, -0.2) is 0 Å². The summed E-state index contributed by atoms with van der Waals surface area (Å²) in [6.45, 7) is 8.73. The first-order valence-electron chi connectivity index (χ1n) is 6.41. The molecule has 0 fully saturated rings. The summed E-state index contributed by atoms with van der Waals surface area (Å²) in [6, 6.07) is 10.2. The van der Waals surface area contributed by atoms with Crippen molar-refractivity contribution in [3.8, 4) is 0 Å². The highest BCUT2D eigenvalue weighted by molar-refractivity contribution is 7.12. The van der Waals surface area contributed by atoms with Crippen LogP contribution in [0.1, 0.15) is 47.7 Å². The average molecular weight is 294 g/mol. The molecule has 1 atom stereocenters. The molecule has 0 spiro atoms. The van der Waals surface area contributed by atoms with Crippen molar-refractivity contribution in [3.63, 3.8) is 0 Å². The van der Waals surface area contributed by atoms with Crippen LogP contribution in [-0.4, -0.2) is 0 Å². The topological polar surface area (TPSA) is 26.0 Å². The lowest BCUT2D eigenvalue weighted by Crippen LogP contribution is -2.12. The van der Waals surface area contributed by atoms with Crippen LogP contribution in [0, 0.1) is 6.92 Å². The molecule has 0 aliphatic rings. The molecule has 2 N–H and O–H groups in total. The van der Waals surface area contributed by atoms with Gasteiger partial charge in [0.25, 0.3) is 0 Å². The third kappa shape index (κ3) is 3.19. The molecule has 2 aromatic rings. The van der Waals surface area contributed by atoms with Gasteiger partial charge in [0.05, 0.1) is 6.04 Å². The quantitative estimate of drug-likeness (QED) is 0.823. The largest absolute Gasteiger partial charge is 0.320 e. The molecule has 0 aliphatic carbocycles. The molecular formula is C16H20ClNS. The highest BCUT2D eigenvalue weighted by Crippen LogP contribution is 2.34. The van der Waals surface area contributed by atoms with Crippen LogP contribution >= 0.6 is 22.9 Å². The Labute approximate surface area is 124 Å². The normalized spacial score (nSPS) is 13.6. The second kappa shape index (κ2) is 5.28. The first kappa shape index (κ1) is 14.6. The standard InChI is InChI=1S/C16H20ClNS/c1-10-9-11(17)5-6-12(10)15(18)13-7-8-14(19-13)16(2,3)4/h5-9,15H,18H2,1-4H3. The van der Waals surface area contributed by atoms with Crippen molar-refractivity contribution in [3.05, 3.63) is 56.2 Å². The molecule has 1 heterocycles. The van der Waals surface area contributed by atoms with E-state index in [-0.39, 0.29) is 11.5 Å². The van der Waals surface area contributed by atoms with E-state index in [9.17, 15) is 0 Å². The molecule has 3 heteroatoms. The molecule has 2 rings (SSSR count). The molecule has 0 aliphatic heterocycles. The Bertz CT molecular complexity index is 581. The zero-order valence-electron chi connectivity index (χ0n) is 11.8. The first-order valence-corrected chi connectivity index (χ1v) is 7.60. The van der Waals surface area contributed by atoms with Gasteiger partial charge in [-0.1, -0.05) is 38.4 Å². The van der Waals surface area contributed by atoms with E-state index in [2.05, 4.69) is 39.8 Å². The van der Waals surface area contributed by atoms with Gasteiger partial charge in [-0.15, -0.1) is 11.3 Å². The number of nitrogens with two attached hydrogens (primary N) is 1. The number of halogens is 1. The van der Waals surface area contributed by atoms with Crippen molar-refractivity contribution >= 4 is 22.9 Å². The molecule has 102 valence electrons. The van der Waals surface area contributed by atoms with Gasteiger partial charge in [0.1, 0.15) is 0 Å². The number of thiophene rings is 1. The van der Waals surface area contributed by atoms with Gasteiger partial charge in [-0.3, -0.25) is 0 Å². The molecule has 0 saturated carbocycles. The van der Waals surface area contributed by atoms with Crippen LogP contribution in [0.3, 0.4) is 0 Å². The first-order chi connectivity index (χ1) is 8.79. The Hall–Kier alpha value is -0.830. The summed E-state index contributed by atoms with van der Waals surface area (Å²) >= 11 is 7.79. The highest BCUT2D eigenvalue weighted by atomic mass is 35.5. The molecule has 1 nitrogen and oxygen atoms in total. The summed E-state index contributed by atoms with van der Waals surface area (Å²) in [6.07, 6.45) is 0. The van der Waals surface area contributed by atoms with Crippen molar-refractivity contribution in [1.29, 1.82) is 0 Å². The minimum atomic E-state index is -0.0710. The molecule has 1 aromatic carbocycles. The van der Waals surface area contributed by atoms with Crippen LogP contribution in [0.4, 0.5) is 0 Å². The van der Waals surface area contributed by atoms with Crippen molar-refractivity contribution in [2.75, 3.05) is 0 Å². The molecule has 19 heavy (non-hydrogen) atoms. The average Bonchev–Trinajstić information content (AvgIpc) is 2.76. The van der Waals surface area contributed by atoms with E-state index >= 15 is 0 Å².